The van der Waals surface area contributed by atoms with Crippen LogP contribution >= 0.6 is 11.3 Å². The fourth-order valence-corrected chi connectivity index (χ4v) is 4.34. The van der Waals surface area contributed by atoms with Crippen LogP contribution in [0.4, 0.5) is 5.13 Å². The number of methoxy groups -OCH3 is 1. The predicted octanol–water partition coefficient (Wildman–Crippen LogP) is 3.37. The molecule has 0 saturated carbocycles. The lowest BCUT2D eigenvalue weighted by Crippen LogP contribution is -2.24. The zero-order valence-corrected chi connectivity index (χ0v) is 18.3. The number of hydrogen-bond donors (Lipinski definition) is 1. The van der Waals surface area contributed by atoms with Gasteiger partial charge < -0.3 is 18.8 Å². The van der Waals surface area contributed by atoms with Crippen LogP contribution in [-0.4, -0.2) is 35.3 Å². The Hall–Kier alpha value is -3.40. The molecule has 0 atom stereocenters. The lowest BCUT2D eigenvalue weighted by molar-refractivity contribution is 0.0593. The summed E-state index contributed by atoms with van der Waals surface area (Å²) in [6.45, 7) is 6.37. The molecule has 1 aliphatic rings. The van der Waals surface area contributed by atoms with Crippen LogP contribution in [0.5, 0.6) is 11.5 Å². The summed E-state index contributed by atoms with van der Waals surface area (Å²) in [4.78, 5) is 43.0. The number of carbonyl (C=O) groups excluding carboxylic acids is 2. The highest BCUT2D eigenvalue weighted by molar-refractivity contribution is 7.16. The van der Waals surface area contributed by atoms with E-state index in [0.29, 0.717) is 33.8 Å². The number of carbonyl (C=O) groups is 2. The molecule has 0 radical (unpaired) electrons. The van der Waals surface area contributed by atoms with Gasteiger partial charge in [0.15, 0.2) is 22.3 Å². The Morgan fingerprint density at radius 2 is 2.00 bits per heavy atom. The molecule has 10 heteroatoms. The maximum absolute atomic E-state index is 13.1. The molecular formula is C21H21N3O6S. The van der Waals surface area contributed by atoms with Gasteiger partial charge in [-0.25, -0.2) is 9.78 Å². The van der Waals surface area contributed by atoms with E-state index in [1.54, 1.807) is 16.7 Å². The Labute approximate surface area is 181 Å². The fourth-order valence-electron chi connectivity index (χ4n) is 3.39. The molecule has 0 saturated heterocycles. The second kappa shape index (κ2) is 8.03. The summed E-state index contributed by atoms with van der Waals surface area (Å²) >= 11 is 1.18. The van der Waals surface area contributed by atoms with Crippen molar-refractivity contribution in [2.75, 3.05) is 19.2 Å². The Bertz CT molecular complexity index is 1260. The van der Waals surface area contributed by atoms with Crippen LogP contribution in [0, 0.1) is 0 Å². The zero-order chi connectivity index (χ0) is 22.3. The largest absolute Gasteiger partial charge is 0.464 e. The quantitative estimate of drug-likeness (QED) is 0.602. The average molecular weight is 443 g/mol. The smallest absolute Gasteiger partial charge is 0.357 e. The van der Waals surface area contributed by atoms with E-state index in [2.05, 4.69) is 10.3 Å². The van der Waals surface area contributed by atoms with Gasteiger partial charge in [0, 0.05) is 23.7 Å². The summed E-state index contributed by atoms with van der Waals surface area (Å²) in [6, 6.07) is 3.33. The number of amides is 1. The first kappa shape index (κ1) is 20.9. The minimum atomic E-state index is -0.604. The van der Waals surface area contributed by atoms with Gasteiger partial charge in [0.25, 0.3) is 5.91 Å². The Balaban J connectivity index is 1.75. The molecule has 9 nitrogen and oxygen atoms in total. The summed E-state index contributed by atoms with van der Waals surface area (Å²) < 4.78 is 17.4. The molecule has 0 unspecified atom stereocenters. The highest BCUT2D eigenvalue weighted by Gasteiger charge is 2.24. The number of rotatable bonds is 5. The average Bonchev–Trinajstić information content (AvgIpc) is 3.39. The Kier molecular flexibility index (Phi) is 5.40. The molecule has 31 heavy (non-hydrogen) atoms. The first-order chi connectivity index (χ1) is 14.8. The number of fused-ring (bicyclic) bond motifs is 2. The van der Waals surface area contributed by atoms with Crippen LogP contribution in [0.1, 0.15) is 52.4 Å². The molecule has 1 amide bonds. The summed E-state index contributed by atoms with van der Waals surface area (Å²) in [5.41, 5.74) is 0.353. The van der Waals surface area contributed by atoms with E-state index in [4.69, 9.17) is 14.2 Å². The molecule has 0 aliphatic carbocycles. The number of hydrogen-bond acceptors (Lipinski definition) is 8. The molecule has 4 rings (SSSR count). The number of pyridine rings is 1. The maximum atomic E-state index is 13.1. The topological polar surface area (TPSA) is 109 Å². The van der Waals surface area contributed by atoms with Crippen molar-refractivity contribution in [1.82, 2.24) is 9.55 Å². The summed E-state index contributed by atoms with van der Waals surface area (Å²) in [6.07, 6.45) is 1.51. The first-order valence-corrected chi connectivity index (χ1v) is 10.5. The lowest BCUT2D eigenvalue weighted by atomic mass is 10.1. The number of benzene rings is 1. The normalized spacial score (nSPS) is 12.4. The summed E-state index contributed by atoms with van der Waals surface area (Å²) in [5.74, 6) is -0.137. The number of nitrogens with one attached hydrogen (secondary N) is 1. The molecular weight excluding hydrogens is 422 g/mol. The highest BCUT2D eigenvalue weighted by Crippen LogP contribution is 2.35. The van der Waals surface area contributed by atoms with Gasteiger partial charge in [-0.2, -0.15) is 0 Å². The molecule has 1 N–H and O–H groups in total. The monoisotopic (exact) mass is 443 g/mol. The van der Waals surface area contributed by atoms with E-state index in [1.807, 2.05) is 20.8 Å². The van der Waals surface area contributed by atoms with E-state index >= 15 is 0 Å². The van der Waals surface area contributed by atoms with E-state index in [9.17, 15) is 14.4 Å². The summed E-state index contributed by atoms with van der Waals surface area (Å²) in [7, 11) is 1.28. The van der Waals surface area contributed by atoms with Crippen molar-refractivity contribution < 1.29 is 23.8 Å². The first-order valence-electron chi connectivity index (χ1n) is 9.71. The molecule has 3 heterocycles. The molecule has 0 bridgehead atoms. The van der Waals surface area contributed by atoms with E-state index in [-0.39, 0.29) is 29.1 Å². The van der Waals surface area contributed by atoms with Crippen LogP contribution in [-0.2, 0) is 11.3 Å². The van der Waals surface area contributed by atoms with Gasteiger partial charge in [-0.3, -0.25) is 14.9 Å². The number of aryl methyl sites for hydroxylation is 1. The van der Waals surface area contributed by atoms with Gasteiger partial charge in [0.2, 0.25) is 12.2 Å². The predicted molar refractivity (Wildman–Crippen MR) is 116 cm³/mol. The van der Waals surface area contributed by atoms with Gasteiger partial charge in [-0.15, -0.1) is 11.3 Å². The number of esters is 1. The maximum Gasteiger partial charge on any atom is 0.357 e. The summed E-state index contributed by atoms with van der Waals surface area (Å²) in [5, 5.41) is 3.24. The number of thiazole rings is 1. The molecule has 162 valence electrons. The minimum absolute atomic E-state index is 0.0135. The van der Waals surface area contributed by atoms with Crippen LogP contribution < -0.4 is 20.2 Å². The zero-order valence-electron chi connectivity index (χ0n) is 17.5. The Morgan fingerprint density at radius 3 is 2.65 bits per heavy atom. The van der Waals surface area contributed by atoms with Crippen molar-refractivity contribution in [3.8, 4) is 11.5 Å². The molecule has 0 fully saturated rings. The van der Waals surface area contributed by atoms with Gasteiger partial charge >= 0.3 is 5.97 Å². The molecule has 2 aromatic heterocycles. The number of ether oxygens (including phenoxy) is 3. The van der Waals surface area contributed by atoms with Crippen molar-refractivity contribution in [2.24, 2.45) is 0 Å². The van der Waals surface area contributed by atoms with E-state index in [0.717, 1.165) is 0 Å². The third-order valence-electron chi connectivity index (χ3n) is 4.94. The fraction of sp³-hybridized carbons (Fsp3) is 0.333. The molecule has 1 aromatic carbocycles. The number of nitrogens with zero attached hydrogens (tertiary/aromatic N) is 2. The number of aromatic nitrogens is 2. The molecule has 0 spiro atoms. The van der Waals surface area contributed by atoms with Crippen molar-refractivity contribution in [3.05, 3.63) is 44.7 Å². The van der Waals surface area contributed by atoms with Crippen molar-refractivity contribution >= 4 is 39.2 Å². The van der Waals surface area contributed by atoms with Gasteiger partial charge in [0.1, 0.15) is 5.56 Å². The van der Waals surface area contributed by atoms with E-state index < -0.39 is 17.3 Å². The Morgan fingerprint density at radius 1 is 1.29 bits per heavy atom. The van der Waals surface area contributed by atoms with Crippen LogP contribution in [0.15, 0.2) is 23.1 Å². The van der Waals surface area contributed by atoms with E-state index in [1.165, 1.54) is 24.6 Å². The van der Waals surface area contributed by atoms with Crippen molar-refractivity contribution in [1.29, 1.82) is 0 Å². The van der Waals surface area contributed by atoms with Crippen LogP contribution in [0.25, 0.3) is 10.9 Å². The standard InChI is InChI=1S/C21H21N3O6S/c1-5-24-8-12(17(25)11-6-14-15(7-13(11)24)30-9-29-14)19(26)23-21-22-16(20(27)28-4)18(31-21)10(2)3/h6-8,10H,5,9H2,1-4H3,(H,22,23,26). The third-order valence-corrected chi connectivity index (χ3v) is 6.21. The molecule has 3 aromatic rings. The minimum Gasteiger partial charge on any atom is -0.464 e. The van der Waals surface area contributed by atoms with Gasteiger partial charge in [-0.1, -0.05) is 13.8 Å². The second-order valence-corrected chi connectivity index (χ2v) is 8.24. The molecule has 1 aliphatic heterocycles. The van der Waals surface area contributed by atoms with Crippen LogP contribution in [0.3, 0.4) is 0 Å². The number of anilines is 1. The third kappa shape index (κ3) is 3.63. The van der Waals surface area contributed by atoms with Gasteiger partial charge in [-0.05, 0) is 18.9 Å². The van der Waals surface area contributed by atoms with Crippen molar-refractivity contribution in [2.45, 2.75) is 33.2 Å². The SMILES string of the molecule is CCn1cc(C(=O)Nc2nc(C(=O)OC)c(C(C)C)s2)c(=O)c2cc3c(cc21)OCO3. The van der Waals surface area contributed by atoms with Crippen LogP contribution in [0.2, 0.25) is 0 Å². The second-order valence-electron chi connectivity index (χ2n) is 7.21. The highest BCUT2D eigenvalue weighted by atomic mass is 32.1. The van der Waals surface area contributed by atoms with Gasteiger partial charge in [0.05, 0.1) is 18.0 Å². The van der Waals surface area contributed by atoms with Crippen molar-refractivity contribution in [3.63, 3.8) is 0 Å². The lowest BCUT2D eigenvalue weighted by Gasteiger charge is -2.12.